The molecule has 1 aromatic carbocycles. The van der Waals surface area contributed by atoms with Crippen molar-refractivity contribution in [3.63, 3.8) is 0 Å². The molecule has 0 bridgehead atoms. The summed E-state index contributed by atoms with van der Waals surface area (Å²) in [5.41, 5.74) is 5.60. The molecule has 0 unspecified atom stereocenters. The first-order valence-corrected chi connectivity index (χ1v) is 6.85. The zero-order valence-electron chi connectivity index (χ0n) is 10.7. The molecule has 4 nitrogen and oxygen atoms in total. The number of nitrogens with zero attached hydrogens (tertiary/aromatic N) is 3. The molecular formula is C14H11FN4S. The molecule has 2 aromatic heterocycles. The second-order valence-corrected chi connectivity index (χ2v) is 5.12. The topological polar surface area (TPSA) is 50.2 Å². The van der Waals surface area contributed by atoms with Gasteiger partial charge in [0.05, 0.1) is 16.4 Å². The lowest BCUT2D eigenvalue weighted by molar-refractivity contribution is 0.627. The first-order valence-electron chi connectivity index (χ1n) is 5.97. The van der Waals surface area contributed by atoms with Crippen LogP contribution >= 0.6 is 11.3 Å². The Hall–Kier alpha value is -2.34. The van der Waals surface area contributed by atoms with Gasteiger partial charge in [0.25, 0.3) is 0 Å². The predicted octanol–water partition coefficient (Wildman–Crippen LogP) is 3.58. The number of nitrogens with one attached hydrogen (secondary N) is 1. The SMILES string of the molecule is Cc1csc2c(N/N=C/c3cccc(F)c3)ncnc12. The lowest BCUT2D eigenvalue weighted by atomic mass is 10.2. The Labute approximate surface area is 119 Å². The van der Waals surface area contributed by atoms with Gasteiger partial charge in [0.15, 0.2) is 5.82 Å². The summed E-state index contributed by atoms with van der Waals surface area (Å²) in [5, 5.41) is 6.12. The van der Waals surface area contributed by atoms with Crippen molar-refractivity contribution in [1.82, 2.24) is 9.97 Å². The molecule has 0 spiro atoms. The minimum Gasteiger partial charge on any atom is -0.260 e. The molecule has 3 rings (SSSR count). The molecule has 0 amide bonds. The van der Waals surface area contributed by atoms with Crippen LogP contribution in [-0.2, 0) is 0 Å². The van der Waals surface area contributed by atoms with Crippen LogP contribution in [0.4, 0.5) is 10.2 Å². The molecule has 0 aliphatic heterocycles. The average molecular weight is 286 g/mol. The third-order valence-corrected chi connectivity index (χ3v) is 3.86. The molecule has 3 aromatic rings. The smallest absolute Gasteiger partial charge is 0.167 e. The summed E-state index contributed by atoms with van der Waals surface area (Å²) in [6.07, 6.45) is 3.06. The van der Waals surface area contributed by atoms with E-state index < -0.39 is 0 Å². The average Bonchev–Trinajstić information content (AvgIpc) is 2.82. The molecule has 0 saturated heterocycles. The van der Waals surface area contributed by atoms with Crippen LogP contribution in [0.3, 0.4) is 0 Å². The highest BCUT2D eigenvalue weighted by Crippen LogP contribution is 2.28. The zero-order valence-corrected chi connectivity index (χ0v) is 11.5. The molecule has 0 fully saturated rings. The van der Waals surface area contributed by atoms with Gasteiger partial charge in [-0.15, -0.1) is 11.3 Å². The maximum atomic E-state index is 13.0. The summed E-state index contributed by atoms with van der Waals surface area (Å²) in [4.78, 5) is 8.41. The number of aryl methyl sites for hydroxylation is 1. The molecule has 0 aliphatic rings. The number of anilines is 1. The van der Waals surface area contributed by atoms with Gasteiger partial charge in [-0.3, -0.25) is 5.43 Å². The van der Waals surface area contributed by atoms with Crippen LogP contribution < -0.4 is 5.43 Å². The summed E-state index contributed by atoms with van der Waals surface area (Å²) in [6, 6.07) is 6.23. The van der Waals surface area contributed by atoms with E-state index in [1.54, 1.807) is 29.7 Å². The van der Waals surface area contributed by atoms with Crippen molar-refractivity contribution in [2.24, 2.45) is 5.10 Å². The minimum absolute atomic E-state index is 0.285. The molecule has 20 heavy (non-hydrogen) atoms. The Balaban J connectivity index is 1.83. The van der Waals surface area contributed by atoms with Crippen molar-refractivity contribution in [1.29, 1.82) is 0 Å². The molecule has 1 N–H and O–H groups in total. The molecule has 0 radical (unpaired) electrons. The number of fused-ring (bicyclic) bond motifs is 1. The minimum atomic E-state index is -0.285. The van der Waals surface area contributed by atoms with E-state index in [1.807, 2.05) is 12.3 Å². The van der Waals surface area contributed by atoms with Crippen molar-refractivity contribution in [2.75, 3.05) is 5.43 Å². The van der Waals surface area contributed by atoms with E-state index in [-0.39, 0.29) is 5.82 Å². The van der Waals surface area contributed by atoms with Gasteiger partial charge in [-0.1, -0.05) is 12.1 Å². The summed E-state index contributed by atoms with van der Waals surface area (Å²) >= 11 is 1.57. The largest absolute Gasteiger partial charge is 0.260 e. The Kier molecular flexibility index (Phi) is 3.39. The number of hydrazone groups is 1. The summed E-state index contributed by atoms with van der Waals surface area (Å²) < 4.78 is 14.0. The molecular weight excluding hydrogens is 275 g/mol. The number of hydrogen-bond acceptors (Lipinski definition) is 5. The monoisotopic (exact) mass is 286 g/mol. The van der Waals surface area contributed by atoms with E-state index >= 15 is 0 Å². The maximum Gasteiger partial charge on any atom is 0.167 e. The molecule has 100 valence electrons. The Morgan fingerprint density at radius 2 is 2.25 bits per heavy atom. The number of halogens is 1. The molecule has 0 atom stereocenters. The normalized spacial score (nSPS) is 11.3. The molecule has 6 heteroatoms. The highest BCUT2D eigenvalue weighted by Gasteiger charge is 2.06. The highest BCUT2D eigenvalue weighted by atomic mass is 32.1. The zero-order chi connectivity index (χ0) is 13.9. The van der Waals surface area contributed by atoms with E-state index in [4.69, 9.17) is 0 Å². The van der Waals surface area contributed by atoms with Gasteiger partial charge in [-0.25, -0.2) is 14.4 Å². The number of benzene rings is 1. The van der Waals surface area contributed by atoms with Crippen LogP contribution in [0, 0.1) is 12.7 Å². The van der Waals surface area contributed by atoms with E-state index in [1.165, 1.54) is 18.5 Å². The van der Waals surface area contributed by atoms with Crippen molar-refractivity contribution in [2.45, 2.75) is 6.92 Å². The van der Waals surface area contributed by atoms with Gasteiger partial charge in [-0.05, 0) is 35.6 Å². The van der Waals surface area contributed by atoms with Gasteiger partial charge in [0.2, 0.25) is 0 Å². The van der Waals surface area contributed by atoms with Gasteiger partial charge >= 0.3 is 0 Å². The van der Waals surface area contributed by atoms with Crippen LogP contribution in [0.15, 0.2) is 41.1 Å². The fourth-order valence-corrected chi connectivity index (χ4v) is 2.75. The first-order chi connectivity index (χ1) is 9.74. The number of thiophene rings is 1. The number of rotatable bonds is 3. The van der Waals surface area contributed by atoms with Crippen molar-refractivity contribution in [3.05, 3.63) is 52.9 Å². The van der Waals surface area contributed by atoms with E-state index in [0.29, 0.717) is 11.4 Å². The van der Waals surface area contributed by atoms with Crippen molar-refractivity contribution < 1.29 is 4.39 Å². The van der Waals surface area contributed by atoms with Gasteiger partial charge in [0, 0.05) is 0 Å². The fraction of sp³-hybridized carbons (Fsp3) is 0.0714. The van der Waals surface area contributed by atoms with Crippen LogP contribution in [0.25, 0.3) is 10.2 Å². The Bertz CT molecular complexity index is 782. The van der Waals surface area contributed by atoms with Crippen LogP contribution in [-0.4, -0.2) is 16.2 Å². The third kappa shape index (κ3) is 2.50. The second kappa shape index (κ2) is 5.34. The third-order valence-electron chi connectivity index (χ3n) is 2.76. The molecule has 0 aliphatic carbocycles. The highest BCUT2D eigenvalue weighted by molar-refractivity contribution is 7.18. The summed E-state index contributed by atoms with van der Waals surface area (Å²) in [6.45, 7) is 2.01. The molecule has 2 heterocycles. The Morgan fingerprint density at radius 3 is 3.10 bits per heavy atom. The summed E-state index contributed by atoms with van der Waals surface area (Å²) in [5.74, 6) is 0.369. The maximum absolute atomic E-state index is 13.0. The van der Waals surface area contributed by atoms with Crippen LogP contribution in [0.5, 0.6) is 0 Å². The van der Waals surface area contributed by atoms with E-state index in [2.05, 4.69) is 20.5 Å². The Morgan fingerprint density at radius 1 is 1.35 bits per heavy atom. The number of aromatic nitrogens is 2. The summed E-state index contributed by atoms with van der Waals surface area (Å²) in [7, 11) is 0. The lowest BCUT2D eigenvalue weighted by Gasteiger charge is -2.00. The predicted molar refractivity (Wildman–Crippen MR) is 79.8 cm³/mol. The number of hydrogen-bond donors (Lipinski definition) is 1. The van der Waals surface area contributed by atoms with Gasteiger partial charge in [-0.2, -0.15) is 5.10 Å². The standard InChI is InChI=1S/C14H11FN4S/c1-9-7-20-13-12(9)16-8-17-14(13)19-18-6-10-3-2-4-11(15)5-10/h2-8H,1H3,(H,16,17,19)/b18-6+. The fourth-order valence-electron chi connectivity index (χ4n) is 1.80. The molecule has 0 saturated carbocycles. The quantitative estimate of drug-likeness (QED) is 0.591. The first kappa shape index (κ1) is 12.7. The second-order valence-electron chi connectivity index (χ2n) is 4.24. The van der Waals surface area contributed by atoms with E-state index in [0.717, 1.165) is 15.8 Å². The van der Waals surface area contributed by atoms with Crippen molar-refractivity contribution in [3.8, 4) is 0 Å². The lowest BCUT2D eigenvalue weighted by Crippen LogP contribution is -1.94. The van der Waals surface area contributed by atoms with Gasteiger partial charge in [0.1, 0.15) is 12.1 Å². The van der Waals surface area contributed by atoms with Crippen LogP contribution in [0.1, 0.15) is 11.1 Å². The van der Waals surface area contributed by atoms with Crippen molar-refractivity contribution >= 4 is 33.6 Å². The van der Waals surface area contributed by atoms with Gasteiger partial charge < -0.3 is 0 Å². The van der Waals surface area contributed by atoms with Crippen LogP contribution in [0.2, 0.25) is 0 Å². The van der Waals surface area contributed by atoms with E-state index in [9.17, 15) is 4.39 Å².